The van der Waals surface area contributed by atoms with E-state index in [1.807, 2.05) is 6.07 Å². The molecule has 0 amide bonds. The molecule has 1 nitrogen and oxygen atoms in total. The first kappa shape index (κ1) is 14.2. The predicted octanol–water partition coefficient (Wildman–Crippen LogP) is 5.68. The van der Waals surface area contributed by atoms with Crippen LogP contribution in [0.2, 0.25) is 5.02 Å². The Morgan fingerprint density at radius 3 is 2.55 bits per heavy atom. The molecule has 0 radical (unpaired) electrons. The second kappa shape index (κ2) is 5.23. The molecule has 0 heterocycles. The average Bonchev–Trinajstić information content (AvgIpc) is 2.63. The zero-order valence-electron chi connectivity index (χ0n) is 11.6. The van der Waals surface area contributed by atoms with Crippen molar-refractivity contribution in [1.82, 2.24) is 0 Å². The fourth-order valence-electron chi connectivity index (χ4n) is 3.00. The molecule has 0 saturated carbocycles. The van der Waals surface area contributed by atoms with Crippen LogP contribution in [0.25, 0.3) is 0 Å². The van der Waals surface area contributed by atoms with Crippen LogP contribution in [0.15, 0.2) is 42.5 Å². The van der Waals surface area contributed by atoms with E-state index in [-0.39, 0.29) is 5.41 Å². The smallest absolute Gasteiger partial charge is 0.0571 e. The number of anilines is 1. The summed E-state index contributed by atoms with van der Waals surface area (Å²) in [5.74, 6) is 0. The first-order valence-corrected chi connectivity index (χ1v) is 8.22. The van der Waals surface area contributed by atoms with Crippen LogP contribution in [0.5, 0.6) is 0 Å². The van der Waals surface area contributed by atoms with Crippen LogP contribution in [0.1, 0.15) is 31.0 Å². The molecule has 0 bridgehead atoms. The van der Waals surface area contributed by atoms with E-state index in [1.165, 1.54) is 14.7 Å². The van der Waals surface area contributed by atoms with Gasteiger partial charge in [-0.25, -0.2) is 0 Å². The number of hydrogen-bond donors (Lipinski definition) is 1. The highest BCUT2D eigenvalue weighted by molar-refractivity contribution is 14.1. The zero-order valence-corrected chi connectivity index (χ0v) is 14.5. The van der Waals surface area contributed by atoms with E-state index < -0.39 is 0 Å². The van der Waals surface area contributed by atoms with Crippen LogP contribution < -0.4 is 5.32 Å². The van der Waals surface area contributed by atoms with Gasteiger partial charge >= 0.3 is 0 Å². The fraction of sp³-hybridized carbons (Fsp3) is 0.294. The Bertz CT molecular complexity index is 634. The van der Waals surface area contributed by atoms with E-state index in [9.17, 15) is 0 Å². The highest BCUT2D eigenvalue weighted by atomic mass is 127. The molecule has 1 aliphatic carbocycles. The molecular formula is C17H17ClIN. The number of fused-ring (bicyclic) bond motifs is 1. The minimum absolute atomic E-state index is 0.190. The lowest BCUT2D eigenvalue weighted by Crippen LogP contribution is -2.24. The maximum Gasteiger partial charge on any atom is 0.0571 e. The second-order valence-electron chi connectivity index (χ2n) is 6.09. The van der Waals surface area contributed by atoms with Gasteiger partial charge in [0.1, 0.15) is 0 Å². The van der Waals surface area contributed by atoms with Crippen LogP contribution in [-0.4, -0.2) is 0 Å². The highest BCUT2D eigenvalue weighted by Gasteiger charge is 2.38. The van der Waals surface area contributed by atoms with Gasteiger partial charge in [0.2, 0.25) is 0 Å². The van der Waals surface area contributed by atoms with E-state index >= 15 is 0 Å². The zero-order chi connectivity index (χ0) is 14.3. The Balaban J connectivity index is 1.95. The van der Waals surface area contributed by atoms with Gasteiger partial charge in [0, 0.05) is 14.3 Å². The third-order valence-corrected chi connectivity index (χ3v) is 4.96. The van der Waals surface area contributed by atoms with E-state index in [4.69, 9.17) is 11.6 Å². The van der Waals surface area contributed by atoms with Crippen LogP contribution in [0, 0.1) is 8.99 Å². The normalized spacial score (nSPS) is 19.7. The molecule has 0 aromatic heterocycles. The van der Waals surface area contributed by atoms with Gasteiger partial charge in [-0.2, -0.15) is 0 Å². The molecule has 0 spiro atoms. The SMILES string of the molecule is CC1(C)Cc2ccc(Cl)cc2C1Nc1ccc(I)cc1. The van der Waals surface area contributed by atoms with Gasteiger partial charge in [0.25, 0.3) is 0 Å². The van der Waals surface area contributed by atoms with Gasteiger partial charge in [-0.1, -0.05) is 31.5 Å². The molecule has 3 rings (SSSR count). The topological polar surface area (TPSA) is 12.0 Å². The first-order valence-electron chi connectivity index (χ1n) is 6.76. The van der Waals surface area contributed by atoms with Gasteiger partial charge < -0.3 is 5.32 Å². The Kier molecular flexibility index (Phi) is 3.71. The van der Waals surface area contributed by atoms with Crippen LogP contribution in [0.4, 0.5) is 5.69 Å². The summed E-state index contributed by atoms with van der Waals surface area (Å²) in [7, 11) is 0. The molecule has 1 aliphatic rings. The first-order chi connectivity index (χ1) is 9.45. The third-order valence-electron chi connectivity index (χ3n) is 4.00. The second-order valence-corrected chi connectivity index (χ2v) is 7.77. The maximum absolute atomic E-state index is 6.18. The molecule has 2 aromatic carbocycles. The van der Waals surface area contributed by atoms with Crippen molar-refractivity contribution < 1.29 is 0 Å². The summed E-state index contributed by atoms with van der Waals surface area (Å²) in [4.78, 5) is 0. The lowest BCUT2D eigenvalue weighted by atomic mass is 9.85. The van der Waals surface area contributed by atoms with E-state index in [0.29, 0.717) is 6.04 Å². The molecule has 0 aliphatic heterocycles. The number of halogens is 2. The Morgan fingerprint density at radius 1 is 1.15 bits per heavy atom. The van der Waals surface area contributed by atoms with Crippen LogP contribution in [0.3, 0.4) is 0 Å². The van der Waals surface area contributed by atoms with E-state index in [2.05, 4.69) is 78.2 Å². The molecule has 1 N–H and O–H groups in total. The van der Waals surface area contributed by atoms with Crippen molar-refractivity contribution in [3.05, 3.63) is 62.2 Å². The minimum Gasteiger partial charge on any atom is -0.378 e. The summed E-state index contributed by atoms with van der Waals surface area (Å²) >= 11 is 8.50. The molecular weight excluding hydrogens is 381 g/mol. The summed E-state index contributed by atoms with van der Waals surface area (Å²) in [6, 6.07) is 15.1. The largest absolute Gasteiger partial charge is 0.378 e. The van der Waals surface area contributed by atoms with Crippen molar-refractivity contribution in [3.63, 3.8) is 0 Å². The van der Waals surface area contributed by atoms with Gasteiger partial charge in [-0.3, -0.25) is 0 Å². The quantitative estimate of drug-likeness (QED) is 0.643. The molecule has 104 valence electrons. The lowest BCUT2D eigenvalue weighted by molar-refractivity contribution is 0.337. The minimum atomic E-state index is 0.190. The molecule has 0 saturated heterocycles. The molecule has 3 heteroatoms. The standard InChI is InChI=1S/C17H17ClIN/c1-17(2)10-11-3-4-12(18)9-15(11)16(17)20-14-7-5-13(19)6-8-14/h3-9,16,20H,10H2,1-2H3. The molecule has 2 aromatic rings. The molecule has 1 unspecified atom stereocenters. The van der Waals surface area contributed by atoms with Crippen LogP contribution >= 0.6 is 34.2 Å². The highest BCUT2D eigenvalue weighted by Crippen LogP contribution is 2.47. The Labute approximate surface area is 138 Å². The average molecular weight is 398 g/mol. The number of rotatable bonds is 2. The monoisotopic (exact) mass is 397 g/mol. The lowest BCUT2D eigenvalue weighted by Gasteiger charge is -2.29. The fourth-order valence-corrected chi connectivity index (χ4v) is 3.54. The number of benzene rings is 2. The summed E-state index contributed by atoms with van der Waals surface area (Å²) in [6.45, 7) is 4.62. The Hall–Kier alpha value is -0.740. The number of hydrogen-bond acceptors (Lipinski definition) is 1. The van der Waals surface area contributed by atoms with Crippen molar-refractivity contribution >= 4 is 39.9 Å². The summed E-state index contributed by atoms with van der Waals surface area (Å²) in [5, 5.41) is 4.50. The molecule has 1 atom stereocenters. The summed E-state index contributed by atoms with van der Waals surface area (Å²) in [6.07, 6.45) is 1.08. The van der Waals surface area contributed by atoms with Gasteiger partial charge in [-0.15, -0.1) is 0 Å². The predicted molar refractivity (Wildman–Crippen MR) is 94.5 cm³/mol. The van der Waals surface area contributed by atoms with Crippen molar-refractivity contribution in [3.8, 4) is 0 Å². The molecule has 0 fully saturated rings. The van der Waals surface area contributed by atoms with Crippen LogP contribution in [-0.2, 0) is 6.42 Å². The van der Waals surface area contributed by atoms with Crippen molar-refractivity contribution in [2.75, 3.05) is 5.32 Å². The van der Waals surface area contributed by atoms with Gasteiger partial charge in [0.15, 0.2) is 0 Å². The van der Waals surface area contributed by atoms with Crippen molar-refractivity contribution in [1.29, 1.82) is 0 Å². The Morgan fingerprint density at radius 2 is 1.85 bits per heavy atom. The summed E-state index contributed by atoms with van der Waals surface area (Å²) < 4.78 is 1.25. The van der Waals surface area contributed by atoms with E-state index in [0.717, 1.165) is 17.1 Å². The third kappa shape index (κ3) is 2.68. The van der Waals surface area contributed by atoms with E-state index in [1.54, 1.807) is 0 Å². The molecule has 20 heavy (non-hydrogen) atoms. The van der Waals surface area contributed by atoms with Crippen molar-refractivity contribution in [2.24, 2.45) is 5.41 Å². The van der Waals surface area contributed by atoms with Gasteiger partial charge in [-0.05, 0) is 82.0 Å². The summed E-state index contributed by atoms with van der Waals surface area (Å²) in [5.41, 5.74) is 4.09. The number of nitrogens with one attached hydrogen (secondary N) is 1. The van der Waals surface area contributed by atoms with Gasteiger partial charge in [0.05, 0.1) is 6.04 Å². The van der Waals surface area contributed by atoms with Crippen molar-refractivity contribution in [2.45, 2.75) is 26.3 Å². The maximum atomic E-state index is 6.18.